The molecule has 0 unspecified atom stereocenters. The van der Waals surface area contributed by atoms with Gasteiger partial charge in [-0.15, -0.1) is 0 Å². The standard InChI is InChI=1S/C17H20N6/c1-22(2)16-19-15(20-17(21-16)23(3)4)18-14-10-9-12-7-5-6-8-13(12)11-14/h5-11H,1-4H3,(H,18,19,20,21). The van der Waals surface area contributed by atoms with E-state index in [1.54, 1.807) is 0 Å². The average Bonchev–Trinajstić information content (AvgIpc) is 2.54. The maximum atomic E-state index is 4.46. The van der Waals surface area contributed by atoms with Crippen LogP contribution in [0, 0.1) is 0 Å². The molecule has 0 atom stereocenters. The Bertz CT molecular complexity index is 802. The average molecular weight is 308 g/mol. The summed E-state index contributed by atoms with van der Waals surface area (Å²) in [6.45, 7) is 0. The van der Waals surface area contributed by atoms with Crippen LogP contribution in [0.25, 0.3) is 10.8 Å². The molecule has 0 saturated carbocycles. The summed E-state index contributed by atoms with van der Waals surface area (Å²) in [5.74, 6) is 1.77. The molecule has 1 N–H and O–H groups in total. The number of aromatic nitrogens is 3. The first-order chi connectivity index (χ1) is 11.0. The molecule has 23 heavy (non-hydrogen) atoms. The zero-order valence-corrected chi connectivity index (χ0v) is 13.8. The summed E-state index contributed by atoms with van der Waals surface area (Å²) in [6.07, 6.45) is 0. The lowest BCUT2D eigenvalue weighted by atomic mass is 10.1. The van der Waals surface area contributed by atoms with E-state index in [4.69, 9.17) is 0 Å². The lowest BCUT2D eigenvalue weighted by Gasteiger charge is -2.16. The summed E-state index contributed by atoms with van der Waals surface area (Å²) in [5.41, 5.74) is 0.948. The number of fused-ring (bicyclic) bond motifs is 1. The first kappa shape index (κ1) is 15.0. The largest absolute Gasteiger partial charge is 0.347 e. The molecule has 1 aromatic heterocycles. The molecule has 0 fully saturated rings. The number of nitrogens with zero attached hydrogens (tertiary/aromatic N) is 5. The van der Waals surface area contributed by atoms with Crippen molar-refractivity contribution in [3.05, 3.63) is 42.5 Å². The van der Waals surface area contributed by atoms with E-state index >= 15 is 0 Å². The van der Waals surface area contributed by atoms with Gasteiger partial charge in [-0.05, 0) is 22.9 Å². The van der Waals surface area contributed by atoms with Crippen LogP contribution in [0.15, 0.2) is 42.5 Å². The third-order valence-corrected chi connectivity index (χ3v) is 3.42. The molecule has 0 saturated heterocycles. The van der Waals surface area contributed by atoms with Crippen molar-refractivity contribution in [3.8, 4) is 0 Å². The minimum absolute atomic E-state index is 0.530. The number of hydrogen-bond acceptors (Lipinski definition) is 6. The van der Waals surface area contributed by atoms with Gasteiger partial charge in [-0.3, -0.25) is 0 Å². The van der Waals surface area contributed by atoms with Crippen LogP contribution >= 0.6 is 0 Å². The predicted octanol–water partition coefficient (Wildman–Crippen LogP) is 2.90. The van der Waals surface area contributed by atoms with E-state index in [9.17, 15) is 0 Å². The van der Waals surface area contributed by atoms with Gasteiger partial charge in [0.05, 0.1) is 0 Å². The molecule has 0 radical (unpaired) electrons. The third-order valence-electron chi connectivity index (χ3n) is 3.42. The van der Waals surface area contributed by atoms with E-state index in [2.05, 4.69) is 44.5 Å². The number of nitrogens with one attached hydrogen (secondary N) is 1. The minimum atomic E-state index is 0.530. The maximum Gasteiger partial charge on any atom is 0.233 e. The fraction of sp³-hybridized carbons (Fsp3) is 0.235. The molecular formula is C17H20N6. The van der Waals surface area contributed by atoms with Gasteiger partial charge in [0.15, 0.2) is 0 Å². The Hall–Kier alpha value is -2.89. The smallest absolute Gasteiger partial charge is 0.233 e. The lowest BCUT2D eigenvalue weighted by molar-refractivity contribution is 0.920. The molecule has 0 aliphatic rings. The van der Waals surface area contributed by atoms with E-state index in [0.29, 0.717) is 17.8 Å². The Labute approximate surface area is 135 Å². The predicted molar refractivity (Wildman–Crippen MR) is 95.7 cm³/mol. The summed E-state index contributed by atoms with van der Waals surface area (Å²) in [4.78, 5) is 17.0. The van der Waals surface area contributed by atoms with Crippen LogP contribution in [0.2, 0.25) is 0 Å². The second-order valence-corrected chi connectivity index (χ2v) is 5.73. The zero-order chi connectivity index (χ0) is 16.4. The van der Waals surface area contributed by atoms with E-state index in [0.717, 1.165) is 5.69 Å². The van der Waals surface area contributed by atoms with Crippen molar-refractivity contribution in [2.24, 2.45) is 0 Å². The van der Waals surface area contributed by atoms with Gasteiger partial charge in [-0.2, -0.15) is 15.0 Å². The highest BCUT2D eigenvalue weighted by Gasteiger charge is 2.10. The quantitative estimate of drug-likeness (QED) is 0.800. The molecule has 118 valence electrons. The highest BCUT2D eigenvalue weighted by atomic mass is 15.3. The summed E-state index contributed by atoms with van der Waals surface area (Å²) in [5, 5.41) is 5.65. The minimum Gasteiger partial charge on any atom is -0.347 e. The van der Waals surface area contributed by atoms with Crippen LogP contribution in [-0.2, 0) is 0 Å². The van der Waals surface area contributed by atoms with Gasteiger partial charge in [0.2, 0.25) is 17.8 Å². The number of hydrogen-bond donors (Lipinski definition) is 1. The molecule has 0 aliphatic heterocycles. The summed E-state index contributed by atoms with van der Waals surface area (Å²) in [6, 6.07) is 14.4. The second-order valence-electron chi connectivity index (χ2n) is 5.73. The van der Waals surface area contributed by atoms with Crippen LogP contribution in [-0.4, -0.2) is 43.1 Å². The van der Waals surface area contributed by atoms with Crippen LogP contribution in [0.4, 0.5) is 23.5 Å². The van der Waals surface area contributed by atoms with Gasteiger partial charge in [0.25, 0.3) is 0 Å². The molecule has 3 aromatic rings. The van der Waals surface area contributed by atoms with E-state index < -0.39 is 0 Å². The highest BCUT2D eigenvalue weighted by Crippen LogP contribution is 2.22. The Morgan fingerprint density at radius 3 is 1.96 bits per heavy atom. The summed E-state index contributed by atoms with van der Waals surface area (Å²) < 4.78 is 0. The SMILES string of the molecule is CN(C)c1nc(Nc2ccc3ccccc3c2)nc(N(C)C)n1. The Morgan fingerprint density at radius 2 is 1.35 bits per heavy atom. The zero-order valence-electron chi connectivity index (χ0n) is 13.8. The molecule has 6 heteroatoms. The van der Waals surface area contributed by atoms with Crippen molar-refractivity contribution in [1.29, 1.82) is 0 Å². The van der Waals surface area contributed by atoms with Crippen LogP contribution in [0.3, 0.4) is 0 Å². The van der Waals surface area contributed by atoms with Crippen molar-refractivity contribution in [2.75, 3.05) is 43.3 Å². The van der Waals surface area contributed by atoms with E-state index in [1.165, 1.54) is 10.8 Å². The first-order valence-electron chi connectivity index (χ1n) is 7.39. The van der Waals surface area contributed by atoms with Crippen molar-refractivity contribution in [1.82, 2.24) is 15.0 Å². The van der Waals surface area contributed by atoms with Crippen LogP contribution < -0.4 is 15.1 Å². The van der Waals surface area contributed by atoms with E-state index in [1.807, 2.05) is 56.2 Å². The molecule has 2 aromatic carbocycles. The van der Waals surface area contributed by atoms with Crippen molar-refractivity contribution in [2.45, 2.75) is 0 Å². The first-order valence-corrected chi connectivity index (χ1v) is 7.39. The van der Waals surface area contributed by atoms with Gasteiger partial charge < -0.3 is 15.1 Å². The fourth-order valence-electron chi connectivity index (χ4n) is 2.21. The van der Waals surface area contributed by atoms with Gasteiger partial charge >= 0.3 is 0 Å². The maximum absolute atomic E-state index is 4.46. The second kappa shape index (κ2) is 6.08. The highest BCUT2D eigenvalue weighted by molar-refractivity contribution is 5.86. The number of anilines is 4. The van der Waals surface area contributed by atoms with Gasteiger partial charge in [0.1, 0.15) is 0 Å². The normalized spacial score (nSPS) is 10.6. The molecule has 0 bridgehead atoms. The van der Waals surface area contributed by atoms with Gasteiger partial charge in [-0.25, -0.2) is 0 Å². The lowest BCUT2D eigenvalue weighted by Crippen LogP contribution is -2.19. The van der Waals surface area contributed by atoms with Crippen molar-refractivity contribution in [3.63, 3.8) is 0 Å². The molecule has 1 heterocycles. The van der Waals surface area contributed by atoms with Crippen LogP contribution in [0.5, 0.6) is 0 Å². The number of rotatable bonds is 4. The van der Waals surface area contributed by atoms with Gasteiger partial charge in [-0.1, -0.05) is 30.3 Å². The molecule has 6 nitrogen and oxygen atoms in total. The Morgan fingerprint density at radius 1 is 0.739 bits per heavy atom. The van der Waals surface area contributed by atoms with Crippen LogP contribution in [0.1, 0.15) is 0 Å². The fourth-order valence-corrected chi connectivity index (χ4v) is 2.21. The summed E-state index contributed by atoms with van der Waals surface area (Å²) in [7, 11) is 7.65. The number of benzene rings is 2. The Kier molecular flexibility index (Phi) is 3.97. The molecule has 0 amide bonds. The molecule has 3 rings (SSSR count). The molecule has 0 spiro atoms. The Balaban J connectivity index is 1.96. The van der Waals surface area contributed by atoms with Crippen molar-refractivity contribution < 1.29 is 0 Å². The summed E-state index contributed by atoms with van der Waals surface area (Å²) >= 11 is 0. The van der Waals surface area contributed by atoms with E-state index in [-0.39, 0.29) is 0 Å². The third kappa shape index (κ3) is 3.31. The topological polar surface area (TPSA) is 57.2 Å². The van der Waals surface area contributed by atoms with Crippen molar-refractivity contribution >= 4 is 34.3 Å². The molecule has 0 aliphatic carbocycles. The molecular weight excluding hydrogens is 288 g/mol. The monoisotopic (exact) mass is 308 g/mol. The van der Waals surface area contributed by atoms with Gasteiger partial charge in [0, 0.05) is 33.9 Å².